The Balaban J connectivity index is 2.52. The van der Waals surface area contributed by atoms with Crippen molar-refractivity contribution in [1.29, 1.82) is 0 Å². The Morgan fingerprint density at radius 3 is 1.91 bits per heavy atom. The number of anilines is 1. The molecule has 0 aromatic heterocycles. The molecule has 0 saturated carbocycles. The molecular weight excluding hydrogens is 558 g/mol. The molecule has 1 unspecified atom stereocenters. The first-order chi connectivity index (χ1) is 15.4. The van der Waals surface area contributed by atoms with Crippen molar-refractivity contribution in [3.05, 3.63) is 68.3 Å². The third-order valence-electron chi connectivity index (χ3n) is 4.47. The SMILES string of the molecule is CS(=O)Cc1cc(/C(N)=C/N(N)c2c(Cl)cc(C(F)(C(F)(F)F)C(F)(F)F)cc2Cl)ccc1Cl. The van der Waals surface area contributed by atoms with Crippen molar-refractivity contribution >= 4 is 57.0 Å². The lowest BCUT2D eigenvalue weighted by molar-refractivity contribution is -0.348. The molecule has 1 atom stereocenters. The van der Waals surface area contributed by atoms with E-state index in [1.54, 1.807) is 0 Å². The van der Waals surface area contributed by atoms with Crippen LogP contribution in [0, 0.1) is 0 Å². The van der Waals surface area contributed by atoms with Gasteiger partial charge in [0.2, 0.25) is 0 Å². The van der Waals surface area contributed by atoms with Gasteiger partial charge < -0.3 is 5.73 Å². The number of benzene rings is 2. The van der Waals surface area contributed by atoms with E-state index in [1.165, 1.54) is 24.5 Å². The second-order valence-electron chi connectivity index (χ2n) is 6.96. The highest BCUT2D eigenvalue weighted by molar-refractivity contribution is 7.83. The highest BCUT2D eigenvalue weighted by atomic mass is 35.5. The molecule has 0 aliphatic heterocycles. The lowest BCUT2D eigenvalue weighted by Crippen LogP contribution is -2.50. The number of nitrogens with two attached hydrogens (primary N) is 2. The van der Waals surface area contributed by atoms with Crippen LogP contribution in [0.3, 0.4) is 0 Å². The summed E-state index contributed by atoms with van der Waals surface area (Å²) in [6.45, 7) is 0. The molecular formula is C19H15Cl3F7N3OS. The van der Waals surface area contributed by atoms with Crippen LogP contribution in [0.25, 0.3) is 5.70 Å². The monoisotopic (exact) mass is 571 g/mol. The predicted molar refractivity (Wildman–Crippen MR) is 119 cm³/mol. The number of hydrogen-bond donors (Lipinski definition) is 2. The minimum Gasteiger partial charge on any atom is -0.397 e. The van der Waals surface area contributed by atoms with Gasteiger partial charge in [0.25, 0.3) is 0 Å². The molecule has 188 valence electrons. The molecule has 34 heavy (non-hydrogen) atoms. The van der Waals surface area contributed by atoms with E-state index in [0.717, 1.165) is 6.20 Å². The maximum absolute atomic E-state index is 14.3. The highest BCUT2D eigenvalue weighted by Gasteiger charge is 2.73. The van der Waals surface area contributed by atoms with Crippen LogP contribution < -0.4 is 16.6 Å². The summed E-state index contributed by atoms with van der Waals surface area (Å²) in [5.74, 6) is 5.93. The molecule has 0 heterocycles. The van der Waals surface area contributed by atoms with Crippen molar-refractivity contribution < 1.29 is 34.9 Å². The fraction of sp³-hybridized carbons (Fsp3) is 0.263. The first-order valence-corrected chi connectivity index (χ1v) is 11.7. The number of nitrogens with zero attached hydrogens (tertiary/aromatic N) is 1. The minimum absolute atomic E-state index is 0.0380. The average molecular weight is 573 g/mol. The van der Waals surface area contributed by atoms with E-state index in [0.29, 0.717) is 21.2 Å². The van der Waals surface area contributed by atoms with E-state index in [1.807, 2.05) is 0 Å². The Kier molecular flexibility index (Phi) is 8.47. The normalized spacial score (nSPS) is 14.3. The van der Waals surface area contributed by atoms with E-state index in [9.17, 15) is 34.9 Å². The van der Waals surface area contributed by atoms with Crippen LogP contribution in [0.2, 0.25) is 15.1 Å². The molecule has 0 saturated heterocycles. The summed E-state index contributed by atoms with van der Waals surface area (Å²) in [5, 5.41) is -0.635. The lowest BCUT2D eigenvalue weighted by atomic mass is 9.94. The van der Waals surface area contributed by atoms with Crippen molar-refractivity contribution in [3.63, 3.8) is 0 Å². The van der Waals surface area contributed by atoms with E-state index < -0.39 is 50.1 Å². The summed E-state index contributed by atoms with van der Waals surface area (Å²) in [4.78, 5) is 0. The van der Waals surface area contributed by atoms with Gasteiger partial charge in [-0.05, 0) is 35.4 Å². The predicted octanol–water partition coefficient (Wildman–Crippen LogP) is 6.45. The molecule has 0 radical (unpaired) electrons. The van der Waals surface area contributed by atoms with Gasteiger partial charge in [-0.1, -0.05) is 40.9 Å². The number of hydrazine groups is 1. The first-order valence-electron chi connectivity index (χ1n) is 8.82. The molecule has 0 spiro atoms. The number of rotatable bonds is 6. The zero-order valence-electron chi connectivity index (χ0n) is 16.9. The fourth-order valence-electron chi connectivity index (χ4n) is 2.87. The molecule has 2 aromatic carbocycles. The third kappa shape index (κ3) is 5.73. The Bertz CT molecular complexity index is 1100. The Hall–Kier alpha value is -1.73. The maximum atomic E-state index is 14.3. The van der Waals surface area contributed by atoms with Gasteiger partial charge in [0.1, 0.15) is 0 Å². The fourth-order valence-corrected chi connectivity index (χ4v) is 4.49. The molecule has 0 fully saturated rings. The van der Waals surface area contributed by atoms with E-state index in [4.69, 9.17) is 46.4 Å². The lowest BCUT2D eigenvalue weighted by Gasteiger charge is -2.31. The van der Waals surface area contributed by atoms with Gasteiger partial charge in [-0.3, -0.25) is 9.22 Å². The quantitative estimate of drug-likeness (QED) is 0.237. The Morgan fingerprint density at radius 1 is 0.971 bits per heavy atom. The largest absolute Gasteiger partial charge is 0.435 e. The summed E-state index contributed by atoms with van der Waals surface area (Å²) in [6.07, 6.45) is -10.2. The second-order valence-corrected chi connectivity index (χ2v) is 9.61. The Morgan fingerprint density at radius 2 is 1.47 bits per heavy atom. The zero-order chi connectivity index (χ0) is 26.2. The second kappa shape index (κ2) is 10.1. The van der Waals surface area contributed by atoms with Crippen LogP contribution in [0.5, 0.6) is 0 Å². The van der Waals surface area contributed by atoms with Crippen molar-refractivity contribution in [3.8, 4) is 0 Å². The minimum atomic E-state index is -6.35. The van der Waals surface area contributed by atoms with Gasteiger partial charge in [-0.2, -0.15) is 26.3 Å². The zero-order valence-corrected chi connectivity index (χ0v) is 20.0. The van der Waals surface area contributed by atoms with Crippen molar-refractivity contribution in [2.45, 2.75) is 23.8 Å². The first kappa shape index (κ1) is 28.5. The smallest absolute Gasteiger partial charge is 0.397 e. The van der Waals surface area contributed by atoms with E-state index in [-0.39, 0.29) is 23.6 Å². The van der Waals surface area contributed by atoms with Gasteiger partial charge in [-0.25, -0.2) is 10.2 Å². The Labute approximate surface area is 206 Å². The van der Waals surface area contributed by atoms with Gasteiger partial charge in [-0.15, -0.1) is 0 Å². The molecule has 15 heteroatoms. The third-order valence-corrected chi connectivity index (χ3v) is 6.13. The van der Waals surface area contributed by atoms with Crippen LogP contribution in [-0.4, -0.2) is 22.8 Å². The molecule has 2 rings (SSSR count). The van der Waals surface area contributed by atoms with Gasteiger partial charge >= 0.3 is 18.0 Å². The molecule has 0 aliphatic carbocycles. The van der Waals surface area contributed by atoms with Crippen molar-refractivity contribution in [1.82, 2.24) is 0 Å². The maximum Gasteiger partial charge on any atom is 0.435 e. The summed E-state index contributed by atoms with van der Waals surface area (Å²) in [7, 11) is -1.22. The molecule has 0 amide bonds. The molecule has 4 N–H and O–H groups in total. The summed E-state index contributed by atoms with van der Waals surface area (Å²) in [5.41, 5.74) is -1.25. The topological polar surface area (TPSA) is 72.4 Å². The summed E-state index contributed by atoms with van der Waals surface area (Å²) < 4.78 is 104. The number of alkyl halides is 7. The van der Waals surface area contributed by atoms with Crippen LogP contribution in [0.4, 0.5) is 36.4 Å². The van der Waals surface area contributed by atoms with Crippen LogP contribution in [0.1, 0.15) is 16.7 Å². The van der Waals surface area contributed by atoms with Crippen molar-refractivity contribution in [2.24, 2.45) is 11.6 Å². The number of hydrogen-bond acceptors (Lipinski definition) is 4. The summed E-state index contributed by atoms with van der Waals surface area (Å²) in [6, 6.07) is 4.74. The van der Waals surface area contributed by atoms with Crippen LogP contribution in [-0.2, 0) is 22.2 Å². The van der Waals surface area contributed by atoms with Crippen LogP contribution in [0.15, 0.2) is 36.5 Å². The highest BCUT2D eigenvalue weighted by Crippen LogP contribution is 2.54. The van der Waals surface area contributed by atoms with E-state index in [2.05, 4.69) is 0 Å². The number of halogens is 10. The van der Waals surface area contributed by atoms with E-state index >= 15 is 0 Å². The van der Waals surface area contributed by atoms with Crippen molar-refractivity contribution in [2.75, 3.05) is 11.3 Å². The van der Waals surface area contributed by atoms with Gasteiger partial charge in [0, 0.05) is 39.6 Å². The molecule has 4 nitrogen and oxygen atoms in total. The van der Waals surface area contributed by atoms with Crippen LogP contribution >= 0.6 is 34.8 Å². The van der Waals surface area contributed by atoms with Gasteiger partial charge in [0.05, 0.1) is 21.4 Å². The molecule has 2 aromatic rings. The average Bonchev–Trinajstić information content (AvgIpc) is 2.66. The molecule has 0 aliphatic rings. The molecule has 0 bridgehead atoms. The standard InChI is InChI=1S/C19H15Cl3F7N3OS/c1-34(33)8-10-4-9(2-3-12(10)20)15(30)7-32(31)16-13(21)5-11(6-14(16)22)17(23,18(24,25)26)19(27,28)29/h2-7H,8,30-31H2,1H3/b15-7-. The summed E-state index contributed by atoms with van der Waals surface area (Å²) >= 11 is 17.7. The van der Waals surface area contributed by atoms with Gasteiger partial charge in [0.15, 0.2) is 0 Å².